The van der Waals surface area contributed by atoms with Crippen LogP contribution < -0.4 is 31.2 Å². The number of fused-ring (bicyclic) bond motifs is 24. The van der Waals surface area contributed by atoms with Crippen LogP contribution in [0.3, 0.4) is 0 Å². The Morgan fingerprint density at radius 1 is 0.244 bits per heavy atom. The molecular formula is C72H46N8OV. The fraction of sp³-hybridized carbons (Fsp3) is 0. The van der Waals surface area contributed by atoms with Crippen LogP contribution in [-0.2, 0) is 21.0 Å². The molecular weight excluding hydrogens is 1040 g/mol. The van der Waals surface area contributed by atoms with Crippen molar-refractivity contribution in [2.45, 2.75) is 0 Å². The number of hydrogen-bond donors (Lipinski definition) is 6. The quantitative estimate of drug-likeness (QED) is 0.104. The maximum absolute atomic E-state index is 8.19. The van der Waals surface area contributed by atoms with Crippen LogP contribution in [0, 0.1) is 0 Å². The third kappa shape index (κ3) is 7.41. The van der Waals surface area contributed by atoms with Gasteiger partial charge in [-0.25, -0.2) is 0 Å². The molecule has 6 N–H and O–H groups in total. The van der Waals surface area contributed by atoms with Gasteiger partial charge in [0.05, 0.1) is 23.3 Å². The van der Waals surface area contributed by atoms with Crippen molar-refractivity contribution >= 4 is 133 Å². The van der Waals surface area contributed by atoms with Gasteiger partial charge in [0, 0.05) is 55.6 Å². The summed E-state index contributed by atoms with van der Waals surface area (Å²) in [7, 11) is 0. The molecule has 0 radical (unpaired) electrons. The number of hydrogen-bond acceptors (Lipinski definition) is 5. The minimum atomic E-state index is 0.709. The SMILES string of the molecule is [O]=[V+2].c1ccc(-c2c3ccccc3cc3c4[n-]c(c23)Nc2[nH]c(c3c(-c5ccccc5)c5ccccc5cc23)Nc2[n-]c(c3c(-c5ccccc5)c5ccccc5cc23)Nc2[nH]c(c3c(-c5ccccc5)c5ccccc5cc23)N4)cc1. The van der Waals surface area contributed by atoms with Crippen molar-refractivity contribution < 1.29 is 21.0 Å². The van der Waals surface area contributed by atoms with Gasteiger partial charge in [-0.15, -0.1) is 0 Å². The summed E-state index contributed by atoms with van der Waals surface area (Å²) >= 11 is 1.06. The fourth-order valence-corrected chi connectivity index (χ4v) is 13.0. The van der Waals surface area contributed by atoms with Crippen LogP contribution in [0.1, 0.15) is 0 Å². The van der Waals surface area contributed by atoms with Gasteiger partial charge in [0.15, 0.2) is 0 Å². The van der Waals surface area contributed by atoms with E-state index in [0.717, 1.165) is 171 Å². The van der Waals surface area contributed by atoms with Gasteiger partial charge < -0.3 is 41.2 Å². The average Bonchev–Trinajstić information content (AvgIpc) is 3.98. The summed E-state index contributed by atoms with van der Waals surface area (Å²) in [4.78, 5) is 19.4. The molecule has 0 atom stereocenters. The Bertz CT molecular complexity index is 4550. The summed E-state index contributed by atoms with van der Waals surface area (Å²) in [5.74, 6) is 6.04. The van der Waals surface area contributed by atoms with Crippen LogP contribution in [0.5, 0.6) is 0 Å². The van der Waals surface area contributed by atoms with Crippen LogP contribution in [0.2, 0.25) is 0 Å². The summed E-state index contributed by atoms with van der Waals surface area (Å²) < 4.78 is 8.19. The Hall–Kier alpha value is -10.6. The van der Waals surface area contributed by atoms with E-state index in [2.05, 4.69) is 274 Å². The van der Waals surface area contributed by atoms with Crippen molar-refractivity contribution in [1.29, 1.82) is 0 Å². The van der Waals surface area contributed by atoms with Gasteiger partial charge in [-0.2, -0.15) is 0 Å². The molecule has 8 bridgehead atoms. The molecule has 12 aromatic carbocycles. The van der Waals surface area contributed by atoms with Gasteiger partial charge in [-0.1, -0.05) is 218 Å². The first-order valence-electron chi connectivity index (χ1n) is 27.3. The molecule has 0 saturated carbocycles. The molecule has 10 heteroatoms. The molecule has 0 unspecified atom stereocenters. The summed E-state index contributed by atoms with van der Waals surface area (Å²) in [6.07, 6.45) is 0. The third-order valence-corrected chi connectivity index (χ3v) is 16.4. The molecule has 4 aromatic heterocycles. The largest absolute Gasteiger partial charge is 0.400 e. The van der Waals surface area contributed by atoms with Gasteiger partial charge in [0.25, 0.3) is 0 Å². The predicted octanol–water partition coefficient (Wildman–Crippen LogP) is 19.3. The Labute approximate surface area is 479 Å². The van der Waals surface area contributed by atoms with Gasteiger partial charge in [0.1, 0.15) is 0 Å². The normalized spacial score (nSPS) is 12.2. The summed E-state index contributed by atoms with van der Waals surface area (Å²) in [6, 6.07) is 86.9. The molecule has 17 rings (SSSR count). The summed E-state index contributed by atoms with van der Waals surface area (Å²) in [6.45, 7) is 0. The fourth-order valence-electron chi connectivity index (χ4n) is 13.0. The van der Waals surface area contributed by atoms with E-state index in [4.69, 9.17) is 13.6 Å². The van der Waals surface area contributed by atoms with E-state index >= 15 is 0 Å². The van der Waals surface area contributed by atoms with Crippen LogP contribution in [0.25, 0.3) is 131 Å². The van der Waals surface area contributed by atoms with Crippen LogP contribution in [0.4, 0.5) is 46.5 Å². The van der Waals surface area contributed by atoms with Gasteiger partial charge in [-0.05, 0) is 123 Å². The van der Waals surface area contributed by atoms with Crippen molar-refractivity contribution in [2.24, 2.45) is 0 Å². The molecule has 0 amide bonds. The average molecular weight is 1090 g/mol. The molecule has 385 valence electrons. The van der Waals surface area contributed by atoms with E-state index in [9.17, 15) is 0 Å². The third-order valence-electron chi connectivity index (χ3n) is 16.4. The number of H-pyrrole nitrogens is 2. The minimum Gasteiger partial charge on any atom is -0.400 e. The number of nitrogens with zero attached hydrogens (tertiary/aromatic N) is 2. The number of aromatic amines is 2. The molecule has 0 saturated heterocycles. The number of benzene rings is 12. The predicted molar refractivity (Wildman–Crippen MR) is 337 cm³/mol. The van der Waals surface area contributed by atoms with E-state index in [0.29, 0.717) is 23.3 Å². The van der Waals surface area contributed by atoms with E-state index in [1.54, 1.807) is 0 Å². The standard InChI is InChI=1S/C72H46N8.O.V/c1-5-21-41(22-6-1)57-49-33-17-13-29-45(49)37-53-61(57)69-73-65(53)78-70-63-55(39-47-31-15-19-35-51(47)59(63)43-25-9-3-10-26-43)67(75-70)80-72-64-56(40-48-32-16-20-36-52(48)60(64)44-27-11-4-12-28-44)68(76-72)79-71-62-54(66(74-71)77-69)38-46-30-14-18-34-50(46)58(62)42-23-7-2-8-24-42;;/h1-40,73,76-80H;;/q-2;;+2. The van der Waals surface area contributed by atoms with E-state index in [1.165, 1.54) is 0 Å². The van der Waals surface area contributed by atoms with E-state index in [1.807, 2.05) is 0 Å². The molecule has 0 aliphatic carbocycles. The second-order valence-corrected chi connectivity index (χ2v) is 20.9. The van der Waals surface area contributed by atoms with E-state index in [-0.39, 0.29) is 0 Å². The molecule has 0 fully saturated rings. The van der Waals surface area contributed by atoms with Crippen molar-refractivity contribution in [1.82, 2.24) is 19.9 Å². The molecule has 1 aliphatic rings. The van der Waals surface area contributed by atoms with Crippen LogP contribution >= 0.6 is 0 Å². The van der Waals surface area contributed by atoms with Gasteiger partial charge >= 0.3 is 21.0 Å². The Balaban J connectivity index is 0.00000274. The number of nitrogens with one attached hydrogen (secondary N) is 6. The Morgan fingerprint density at radius 2 is 0.500 bits per heavy atom. The maximum Gasteiger partial charge on any atom is 0.0592 e. The number of aromatic nitrogens is 4. The molecule has 1 aliphatic heterocycles. The zero-order chi connectivity index (χ0) is 54.4. The van der Waals surface area contributed by atoms with Crippen molar-refractivity contribution in [3.63, 3.8) is 0 Å². The second-order valence-electron chi connectivity index (χ2n) is 20.9. The zero-order valence-electron chi connectivity index (χ0n) is 43.8. The first kappa shape index (κ1) is 47.4. The van der Waals surface area contributed by atoms with Crippen molar-refractivity contribution in [3.05, 3.63) is 243 Å². The van der Waals surface area contributed by atoms with Crippen molar-refractivity contribution in [2.75, 3.05) is 21.3 Å². The van der Waals surface area contributed by atoms with E-state index < -0.39 is 0 Å². The number of rotatable bonds is 4. The summed E-state index contributed by atoms with van der Waals surface area (Å²) in [5.41, 5.74) is 8.81. The Morgan fingerprint density at radius 3 is 0.817 bits per heavy atom. The minimum absolute atomic E-state index is 0.709. The molecule has 0 spiro atoms. The monoisotopic (exact) mass is 1090 g/mol. The summed E-state index contributed by atoms with van der Waals surface area (Å²) in [5, 5.41) is 33.2. The molecule has 5 heterocycles. The smallest absolute Gasteiger partial charge is 0.0592 e. The number of anilines is 8. The van der Waals surface area contributed by atoms with Crippen molar-refractivity contribution in [3.8, 4) is 44.5 Å². The topological polar surface area (TPSA) is 125 Å². The van der Waals surface area contributed by atoms with Crippen LogP contribution in [-0.4, -0.2) is 9.97 Å². The Kier molecular flexibility index (Phi) is 11.0. The molecule has 9 nitrogen and oxygen atoms in total. The van der Waals surface area contributed by atoms with Crippen LogP contribution in [0.15, 0.2) is 243 Å². The first-order valence-corrected chi connectivity index (χ1v) is 27.9. The molecule has 82 heavy (non-hydrogen) atoms. The molecule has 16 aromatic rings. The van der Waals surface area contributed by atoms with Gasteiger partial charge in [-0.3, -0.25) is 0 Å². The first-order chi connectivity index (χ1) is 40.7. The second kappa shape index (κ2) is 19.1. The zero-order valence-corrected chi connectivity index (χ0v) is 45.2. The maximum atomic E-state index is 8.19. The van der Waals surface area contributed by atoms with Gasteiger partial charge in [0.2, 0.25) is 0 Å².